The van der Waals surface area contributed by atoms with E-state index < -0.39 is 5.09 Å². The van der Waals surface area contributed by atoms with Crippen molar-refractivity contribution in [2.75, 3.05) is 39.3 Å². The fourth-order valence-electron chi connectivity index (χ4n) is 1.18. The Kier molecular flexibility index (Phi) is 3.75. The number of piperazine rings is 1. The van der Waals surface area contributed by atoms with E-state index in [9.17, 15) is 10.1 Å². The molecule has 0 aromatic heterocycles. The highest BCUT2D eigenvalue weighted by Crippen LogP contribution is 1.91. The summed E-state index contributed by atoms with van der Waals surface area (Å²) in [6.07, 6.45) is 0. The Morgan fingerprint density at radius 1 is 1.50 bits per heavy atom. The van der Waals surface area contributed by atoms with E-state index in [1.807, 2.05) is 0 Å². The van der Waals surface area contributed by atoms with E-state index >= 15 is 0 Å². The first-order valence-electron chi connectivity index (χ1n) is 3.99. The molecular formula is C6H13N3O3. The lowest BCUT2D eigenvalue weighted by Crippen LogP contribution is -2.44. The topological polar surface area (TPSA) is 67.6 Å². The molecule has 6 nitrogen and oxygen atoms in total. The Balaban J connectivity index is 2.01. The Hall–Kier alpha value is -0.880. The first kappa shape index (κ1) is 9.21. The summed E-state index contributed by atoms with van der Waals surface area (Å²) in [5.41, 5.74) is 0. The second-order valence-electron chi connectivity index (χ2n) is 2.65. The van der Waals surface area contributed by atoms with Crippen molar-refractivity contribution in [3.63, 3.8) is 0 Å². The predicted octanol–water partition coefficient (Wildman–Crippen LogP) is -0.900. The average Bonchev–Trinajstić information content (AvgIpc) is 2.05. The Morgan fingerprint density at radius 2 is 2.17 bits per heavy atom. The van der Waals surface area contributed by atoms with Crippen LogP contribution in [0.4, 0.5) is 0 Å². The largest absolute Gasteiger partial charge is 0.314 e. The molecular weight excluding hydrogens is 162 g/mol. The third kappa shape index (κ3) is 3.49. The van der Waals surface area contributed by atoms with Crippen molar-refractivity contribution < 1.29 is 9.92 Å². The van der Waals surface area contributed by atoms with Crippen molar-refractivity contribution in [1.82, 2.24) is 10.2 Å². The highest BCUT2D eigenvalue weighted by molar-refractivity contribution is 4.66. The maximum atomic E-state index is 9.79. The normalized spacial score (nSPS) is 19.0. The second-order valence-corrected chi connectivity index (χ2v) is 2.65. The summed E-state index contributed by atoms with van der Waals surface area (Å²) in [7, 11) is 0. The molecule has 1 aliphatic heterocycles. The molecule has 0 spiro atoms. The van der Waals surface area contributed by atoms with Crippen LogP contribution < -0.4 is 5.32 Å². The van der Waals surface area contributed by atoms with Gasteiger partial charge in [0.2, 0.25) is 0 Å². The van der Waals surface area contributed by atoms with E-state index in [1.54, 1.807) is 0 Å². The van der Waals surface area contributed by atoms with Crippen molar-refractivity contribution >= 4 is 0 Å². The van der Waals surface area contributed by atoms with Crippen LogP contribution in [0.2, 0.25) is 0 Å². The molecule has 1 heterocycles. The zero-order chi connectivity index (χ0) is 8.81. The van der Waals surface area contributed by atoms with E-state index in [-0.39, 0.29) is 6.61 Å². The molecule has 70 valence electrons. The SMILES string of the molecule is O=[N+]([O-])OCCN1CCNCC1. The molecule has 0 atom stereocenters. The summed E-state index contributed by atoms with van der Waals surface area (Å²) >= 11 is 0. The van der Waals surface area contributed by atoms with Crippen LogP contribution in [-0.2, 0) is 4.84 Å². The number of hydrogen-bond donors (Lipinski definition) is 1. The van der Waals surface area contributed by atoms with Gasteiger partial charge in [0, 0.05) is 32.7 Å². The molecule has 0 radical (unpaired) electrons. The summed E-state index contributed by atoms with van der Waals surface area (Å²) in [5.74, 6) is 0. The molecule has 1 N–H and O–H groups in total. The van der Waals surface area contributed by atoms with Crippen molar-refractivity contribution in [2.45, 2.75) is 0 Å². The molecule has 0 aliphatic carbocycles. The van der Waals surface area contributed by atoms with E-state index in [0.29, 0.717) is 6.54 Å². The number of nitrogens with zero attached hydrogens (tertiary/aromatic N) is 2. The Bertz CT molecular complexity index is 147. The highest BCUT2D eigenvalue weighted by Gasteiger charge is 2.08. The van der Waals surface area contributed by atoms with Crippen molar-refractivity contribution in [2.24, 2.45) is 0 Å². The predicted molar refractivity (Wildman–Crippen MR) is 42.3 cm³/mol. The van der Waals surface area contributed by atoms with Gasteiger partial charge in [-0.15, -0.1) is 10.1 Å². The summed E-state index contributed by atoms with van der Waals surface area (Å²) in [6, 6.07) is 0. The van der Waals surface area contributed by atoms with Crippen LogP contribution in [0.15, 0.2) is 0 Å². The molecule has 0 unspecified atom stereocenters. The van der Waals surface area contributed by atoms with Crippen LogP contribution >= 0.6 is 0 Å². The van der Waals surface area contributed by atoms with Gasteiger partial charge in [0.1, 0.15) is 6.61 Å². The molecule has 12 heavy (non-hydrogen) atoms. The molecule has 6 heteroatoms. The van der Waals surface area contributed by atoms with Gasteiger partial charge in [-0.3, -0.25) is 4.90 Å². The van der Waals surface area contributed by atoms with Gasteiger partial charge in [-0.05, 0) is 0 Å². The van der Waals surface area contributed by atoms with Gasteiger partial charge in [0.25, 0.3) is 5.09 Å². The summed E-state index contributed by atoms with van der Waals surface area (Å²) < 4.78 is 0. The molecule has 0 bridgehead atoms. The average molecular weight is 175 g/mol. The lowest BCUT2D eigenvalue weighted by molar-refractivity contribution is -0.757. The van der Waals surface area contributed by atoms with Gasteiger partial charge in [-0.25, -0.2) is 0 Å². The van der Waals surface area contributed by atoms with Crippen LogP contribution in [0.5, 0.6) is 0 Å². The lowest BCUT2D eigenvalue weighted by Gasteiger charge is -2.26. The zero-order valence-corrected chi connectivity index (χ0v) is 6.86. The van der Waals surface area contributed by atoms with Gasteiger partial charge in [0.15, 0.2) is 0 Å². The smallest absolute Gasteiger partial charge is 0.294 e. The van der Waals surface area contributed by atoms with Crippen molar-refractivity contribution in [3.05, 3.63) is 10.1 Å². The van der Waals surface area contributed by atoms with Crippen molar-refractivity contribution in [3.8, 4) is 0 Å². The summed E-state index contributed by atoms with van der Waals surface area (Å²) in [4.78, 5) is 16.1. The maximum absolute atomic E-state index is 9.79. The maximum Gasteiger partial charge on any atom is 0.294 e. The molecule has 0 amide bonds. The number of hydrogen-bond acceptors (Lipinski definition) is 5. The fraction of sp³-hybridized carbons (Fsp3) is 1.00. The molecule has 0 saturated carbocycles. The monoisotopic (exact) mass is 175 g/mol. The van der Waals surface area contributed by atoms with E-state index in [1.165, 1.54) is 0 Å². The molecule has 1 rings (SSSR count). The summed E-state index contributed by atoms with van der Waals surface area (Å²) in [6.45, 7) is 4.62. The van der Waals surface area contributed by atoms with E-state index in [4.69, 9.17) is 0 Å². The summed E-state index contributed by atoms with van der Waals surface area (Å²) in [5, 5.41) is 12.2. The first-order valence-corrected chi connectivity index (χ1v) is 3.99. The lowest BCUT2D eigenvalue weighted by atomic mass is 10.4. The number of nitrogens with one attached hydrogen (secondary N) is 1. The van der Waals surface area contributed by atoms with Gasteiger partial charge in [-0.1, -0.05) is 0 Å². The molecule has 0 aromatic carbocycles. The fourth-order valence-corrected chi connectivity index (χ4v) is 1.18. The van der Waals surface area contributed by atoms with Crippen molar-refractivity contribution in [1.29, 1.82) is 0 Å². The highest BCUT2D eigenvalue weighted by atomic mass is 16.9. The quantitative estimate of drug-likeness (QED) is 0.443. The molecule has 0 aromatic rings. The third-order valence-corrected chi connectivity index (χ3v) is 1.81. The van der Waals surface area contributed by atoms with E-state index in [0.717, 1.165) is 26.2 Å². The Morgan fingerprint density at radius 3 is 2.75 bits per heavy atom. The van der Waals surface area contributed by atoms with Crippen LogP contribution in [-0.4, -0.2) is 49.3 Å². The van der Waals surface area contributed by atoms with Gasteiger partial charge in [0.05, 0.1) is 0 Å². The zero-order valence-electron chi connectivity index (χ0n) is 6.86. The van der Waals surface area contributed by atoms with Crippen LogP contribution in [0.25, 0.3) is 0 Å². The standard InChI is InChI=1S/C6H13N3O3/c10-9(11)12-6-5-8-3-1-7-2-4-8/h7H,1-6H2. The number of rotatable bonds is 4. The minimum atomic E-state index is -0.748. The van der Waals surface area contributed by atoms with Crippen LogP contribution in [0.3, 0.4) is 0 Å². The van der Waals surface area contributed by atoms with Gasteiger partial charge >= 0.3 is 0 Å². The van der Waals surface area contributed by atoms with Crippen LogP contribution in [0.1, 0.15) is 0 Å². The molecule has 1 saturated heterocycles. The third-order valence-electron chi connectivity index (χ3n) is 1.81. The minimum Gasteiger partial charge on any atom is -0.314 e. The molecule has 1 aliphatic rings. The Labute approximate surface area is 70.6 Å². The van der Waals surface area contributed by atoms with Crippen LogP contribution in [0, 0.1) is 10.1 Å². The first-order chi connectivity index (χ1) is 5.79. The van der Waals surface area contributed by atoms with E-state index in [2.05, 4.69) is 15.1 Å². The van der Waals surface area contributed by atoms with Gasteiger partial charge < -0.3 is 10.2 Å². The minimum absolute atomic E-state index is 0.174. The van der Waals surface area contributed by atoms with Gasteiger partial charge in [-0.2, -0.15) is 0 Å². The second kappa shape index (κ2) is 4.89. The molecule has 1 fully saturated rings.